The summed E-state index contributed by atoms with van der Waals surface area (Å²) in [7, 11) is 1.65. The van der Waals surface area contributed by atoms with E-state index >= 15 is 0 Å². The lowest BCUT2D eigenvalue weighted by molar-refractivity contribution is -0.130. The Bertz CT molecular complexity index is 1010. The molecule has 0 saturated heterocycles. The molecule has 1 aromatic heterocycles. The van der Waals surface area contributed by atoms with Crippen LogP contribution in [0.2, 0.25) is 0 Å². The van der Waals surface area contributed by atoms with Crippen molar-refractivity contribution in [2.45, 2.75) is 19.3 Å². The largest absolute Gasteiger partial charge is 0.475 e. The Morgan fingerprint density at radius 3 is 2.39 bits per heavy atom. The zero-order valence-electron chi connectivity index (χ0n) is 17.8. The Kier molecular flexibility index (Phi) is 6.89. The highest BCUT2D eigenvalue weighted by atomic mass is 16.5. The molecule has 2 aromatic carbocycles. The molecule has 0 aliphatic carbocycles. The summed E-state index contributed by atoms with van der Waals surface area (Å²) in [4.78, 5) is 24.4. The van der Waals surface area contributed by atoms with Crippen molar-refractivity contribution in [2.75, 3.05) is 33.4 Å². The molecule has 0 N–H and O–H groups in total. The SMILES string of the molecule is COCCOc1nc(-c2ccccc2)nc2c1CCN(C(=O)Cc1ccccc1)CC2. The molecular weight excluding hydrogens is 390 g/mol. The second-order valence-corrected chi connectivity index (χ2v) is 7.53. The number of rotatable bonds is 7. The van der Waals surface area contributed by atoms with Gasteiger partial charge in [-0.15, -0.1) is 0 Å². The number of fused-ring (bicyclic) bond motifs is 1. The zero-order chi connectivity index (χ0) is 21.5. The van der Waals surface area contributed by atoms with E-state index in [1.54, 1.807) is 7.11 Å². The van der Waals surface area contributed by atoms with Crippen LogP contribution in [0.5, 0.6) is 5.88 Å². The summed E-state index contributed by atoms with van der Waals surface area (Å²) in [5.74, 6) is 1.38. The second kappa shape index (κ2) is 10.2. The number of carbonyl (C=O) groups excluding carboxylic acids is 1. The summed E-state index contributed by atoms with van der Waals surface area (Å²) < 4.78 is 11.1. The van der Waals surface area contributed by atoms with Crippen LogP contribution in [0.4, 0.5) is 0 Å². The molecule has 2 heterocycles. The topological polar surface area (TPSA) is 64.6 Å². The predicted octanol–water partition coefficient (Wildman–Crippen LogP) is 3.34. The Balaban J connectivity index is 1.56. The Labute approximate surface area is 182 Å². The number of nitrogens with zero attached hydrogens (tertiary/aromatic N) is 3. The maximum absolute atomic E-state index is 12.9. The molecule has 4 rings (SSSR count). The van der Waals surface area contributed by atoms with Crippen molar-refractivity contribution in [2.24, 2.45) is 0 Å². The van der Waals surface area contributed by atoms with Gasteiger partial charge in [0.1, 0.15) is 6.61 Å². The minimum Gasteiger partial charge on any atom is -0.475 e. The molecule has 1 aliphatic rings. The number of hydrogen-bond acceptors (Lipinski definition) is 5. The average Bonchev–Trinajstić information content (AvgIpc) is 3.03. The quantitative estimate of drug-likeness (QED) is 0.552. The predicted molar refractivity (Wildman–Crippen MR) is 119 cm³/mol. The minimum absolute atomic E-state index is 0.136. The molecule has 6 nitrogen and oxygen atoms in total. The first-order chi connectivity index (χ1) is 15.2. The standard InChI is InChI=1S/C25H27N3O3/c1-30-16-17-31-25-21-12-14-28(23(29)18-19-8-4-2-5-9-19)15-13-22(21)26-24(27-25)20-10-6-3-7-11-20/h2-11H,12-18H2,1H3. The van der Waals surface area contributed by atoms with Crippen LogP contribution >= 0.6 is 0 Å². The number of benzene rings is 2. The summed E-state index contributed by atoms with van der Waals surface area (Å²) in [5.41, 5.74) is 3.93. The fourth-order valence-electron chi connectivity index (χ4n) is 3.75. The van der Waals surface area contributed by atoms with Gasteiger partial charge in [0.15, 0.2) is 5.82 Å². The normalized spacial score (nSPS) is 13.4. The van der Waals surface area contributed by atoms with E-state index in [1.807, 2.05) is 65.6 Å². The summed E-state index contributed by atoms with van der Waals surface area (Å²) in [6.07, 6.45) is 1.77. The highest BCUT2D eigenvalue weighted by Gasteiger charge is 2.24. The highest BCUT2D eigenvalue weighted by molar-refractivity contribution is 5.79. The van der Waals surface area contributed by atoms with E-state index in [0.717, 1.165) is 22.4 Å². The van der Waals surface area contributed by atoms with Gasteiger partial charge >= 0.3 is 0 Å². The number of methoxy groups -OCH3 is 1. The molecular formula is C25H27N3O3. The van der Waals surface area contributed by atoms with Gasteiger partial charge < -0.3 is 14.4 Å². The monoisotopic (exact) mass is 417 g/mol. The zero-order valence-corrected chi connectivity index (χ0v) is 17.8. The van der Waals surface area contributed by atoms with Crippen molar-refractivity contribution in [1.29, 1.82) is 0 Å². The van der Waals surface area contributed by atoms with Crippen molar-refractivity contribution in [3.63, 3.8) is 0 Å². The maximum Gasteiger partial charge on any atom is 0.227 e. The third kappa shape index (κ3) is 5.27. The lowest BCUT2D eigenvalue weighted by Crippen LogP contribution is -2.34. The smallest absolute Gasteiger partial charge is 0.227 e. The van der Waals surface area contributed by atoms with Crippen molar-refractivity contribution in [3.05, 3.63) is 77.5 Å². The third-order valence-corrected chi connectivity index (χ3v) is 5.41. The van der Waals surface area contributed by atoms with Crippen LogP contribution < -0.4 is 4.74 Å². The minimum atomic E-state index is 0.136. The summed E-state index contributed by atoms with van der Waals surface area (Å²) in [5, 5.41) is 0. The first kappa shape index (κ1) is 21.0. The van der Waals surface area contributed by atoms with E-state index in [1.165, 1.54) is 0 Å². The summed E-state index contributed by atoms with van der Waals surface area (Å²) in [6.45, 7) is 2.18. The second-order valence-electron chi connectivity index (χ2n) is 7.53. The molecule has 31 heavy (non-hydrogen) atoms. The van der Waals surface area contributed by atoms with Crippen LogP contribution in [0.25, 0.3) is 11.4 Å². The molecule has 0 fully saturated rings. The van der Waals surface area contributed by atoms with Gasteiger partial charge in [0.05, 0.1) is 18.7 Å². The maximum atomic E-state index is 12.9. The van der Waals surface area contributed by atoms with E-state index in [-0.39, 0.29) is 5.91 Å². The van der Waals surface area contributed by atoms with Gasteiger partial charge in [-0.1, -0.05) is 60.7 Å². The summed E-state index contributed by atoms with van der Waals surface area (Å²) >= 11 is 0. The van der Waals surface area contributed by atoms with Gasteiger partial charge in [-0.25, -0.2) is 4.98 Å². The Hall–Kier alpha value is -3.25. The molecule has 0 unspecified atom stereocenters. The summed E-state index contributed by atoms with van der Waals surface area (Å²) in [6, 6.07) is 19.8. The number of amides is 1. The molecule has 3 aromatic rings. The molecule has 6 heteroatoms. The van der Waals surface area contributed by atoms with Gasteiger partial charge in [-0.2, -0.15) is 4.98 Å². The van der Waals surface area contributed by atoms with Crippen LogP contribution in [-0.4, -0.2) is 54.2 Å². The Morgan fingerprint density at radius 2 is 1.65 bits per heavy atom. The molecule has 1 amide bonds. The van der Waals surface area contributed by atoms with Crippen LogP contribution in [0, 0.1) is 0 Å². The number of hydrogen-bond donors (Lipinski definition) is 0. The van der Waals surface area contributed by atoms with Crippen LogP contribution in [0.15, 0.2) is 60.7 Å². The van der Waals surface area contributed by atoms with Gasteiger partial charge in [0, 0.05) is 37.7 Å². The first-order valence-electron chi connectivity index (χ1n) is 10.6. The first-order valence-corrected chi connectivity index (χ1v) is 10.6. The van der Waals surface area contributed by atoms with Crippen LogP contribution in [0.1, 0.15) is 16.8 Å². The molecule has 0 atom stereocenters. The molecule has 0 radical (unpaired) electrons. The van der Waals surface area contributed by atoms with E-state index in [4.69, 9.17) is 19.4 Å². The van der Waals surface area contributed by atoms with E-state index in [0.29, 0.717) is 57.3 Å². The van der Waals surface area contributed by atoms with Crippen molar-refractivity contribution >= 4 is 5.91 Å². The Morgan fingerprint density at radius 1 is 0.935 bits per heavy atom. The van der Waals surface area contributed by atoms with Crippen molar-refractivity contribution in [1.82, 2.24) is 14.9 Å². The van der Waals surface area contributed by atoms with Gasteiger partial charge in [0.2, 0.25) is 11.8 Å². The van der Waals surface area contributed by atoms with E-state index in [2.05, 4.69) is 0 Å². The van der Waals surface area contributed by atoms with E-state index in [9.17, 15) is 4.79 Å². The van der Waals surface area contributed by atoms with Gasteiger partial charge in [0.25, 0.3) is 0 Å². The third-order valence-electron chi connectivity index (χ3n) is 5.41. The van der Waals surface area contributed by atoms with Gasteiger partial charge in [-0.05, 0) is 12.0 Å². The highest BCUT2D eigenvalue weighted by Crippen LogP contribution is 2.27. The molecule has 160 valence electrons. The van der Waals surface area contributed by atoms with Crippen LogP contribution in [-0.2, 0) is 28.8 Å². The fourth-order valence-corrected chi connectivity index (χ4v) is 3.75. The average molecular weight is 418 g/mol. The van der Waals surface area contributed by atoms with Crippen LogP contribution in [0.3, 0.4) is 0 Å². The number of carbonyl (C=O) groups is 1. The number of ether oxygens (including phenoxy) is 2. The molecule has 1 aliphatic heterocycles. The molecule has 0 saturated carbocycles. The fraction of sp³-hybridized carbons (Fsp3) is 0.320. The van der Waals surface area contributed by atoms with Crippen molar-refractivity contribution < 1.29 is 14.3 Å². The van der Waals surface area contributed by atoms with Gasteiger partial charge in [-0.3, -0.25) is 4.79 Å². The number of aromatic nitrogens is 2. The van der Waals surface area contributed by atoms with Crippen molar-refractivity contribution in [3.8, 4) is 17.3 Å². The molecule has 0 spiro atoms. The molecule has 0 bridgehead atoms. The van der Waals surface area contributed by atoms with E-state index < -0.39 is 0 Å². The lowest BCUT2D eigenvalue weighted by atomic mass is 10.1. The lowest BCUT2D eigenvalue weighted by Gasteiger charge is -2.20.